The monoisotopic (exact) mass is 294 g/mol. The van der Waals surface area contributed by atoms with Gasteiger partial charge in [-0.1, -0.05) is 19.8 Å². The number of rotatable bonds is 3. The third kappa shape index (κ3) is 3.01. The zero-order chi connectivity index (χ0) is 15.0. The van der Waals surface area contributed by atoms with Gasteiger partial charge in [0.05, 0.1) is 0 Å². The minimum Gasteiger partial charge on any atom is -0.480 e. The minimum absolute atomic E-state index is 0.130. The van der Waals surface area contributed by atoms with Gasteiger partial charge in [0.15, 0.2) is 0 Å². The summed E-state index contributed by atoms with van der Waals surface area (Å²) in [5, 5.41) is 12.4. The number of carbonyl (C=O) groups excluding carboxylic acids is 1. The van der Waals surface area contributed by atoms with Gasteiger partial charge in [-0.25, -0.2) is 9.59 Å². The zero-order valence-electron chi connectivity index (χ0n) is 12.8. The Balaban J connectivity index is 1.68. The molecule has 5 unspecified atom stereocenters. The maximum Gasteiger partial charge on any atom is 0.326 e. The van der Waals surface area contributed by atoms with Crippen molar-refractivity contribution in [2.45, 2.75) is 64.0 Å². The van der Waals surface area contributed by atoms with E-state index in [1.165, 1.54) is 12.8 Å². The molecular formula is C16H26N2O3. The number of carbonyl (C=O) groups is 2. The number of urea groups is 1. The van der Waals surface area contributed by atoms with Gasteiger partial charge in [-0.15, -0.1) is 0 Å². The maximum absolute atomic E-state index is 12.6. The standard InChI is InChI=1S/C16H26N2O3/c1-10-8-12(10)9-17-16(21)18-13-5-3-2-4-11(13)6-7-14(18)15(19)20/h10-14H,2-9H2,1H3,(H,17,21)(H,19,20). The molecule has 3 aliphatic rings. The van der Waals surface area contributed by atoms with Crippen LogP contribution < -0.4 is 5.32 Å². The fourth-order valence-electron chi connectivity index (χ4n) is 4.16. The van der Waals surface area contributed by atoms with Gasteiger partial charge in [0.25, 0.3) is 0 Å². The minimum atomic E-state index is -0.853. The second kappa shape index (κ2) is 5.85. The molecule has 0 bridgehead atoms. The van der Waals surface area contributed by atoms with Crippen LogP contribution in [0, 0.1) is 17.8 Å². The Hall–Kier alpha value is -1.26. The van der Waals surface area contributed by atoms with Gasteiger partial charge in [0.1, 0.15) is 6.04 Å². The van der Waals surface area contributed by atoms with E-state index in [1.807, 2.05) is 0 Å². The highest BCUT2D eigenvalue weighted by Crippen LogP contribution is 2.39. The Bertz CT molecular complexity index is 426. The highest BCUT2D eigenvalue weighted by molar-refractivity contribution is 5.83. The maximum atomic E-state index is 12.6. The fraction of sp³-hybridized carbons (Fsp3) is 0.875. The Labute approximate surface area is 126 Å². The molecule has 0 aromatic carbocycles. The van der Waals surface area contributed by atoms with Gasteiger partial charge in [0, 0.05) is 12.6 Å². The van der Waals surface area contributed by atoms with Crippen molar-refractivity contribution in [1.29, 1.82) is 0 Å². The quantitative estimate of drug-likeness (QED) is 0.840. The lowest BCUT2D eigenvalue weighted by molar-refractivity contribution is -0.145. The van der Waals surface area contributed by atoms with Gasteiger partial charge in [-0.2, -0.15) is 0 Å². The molecular weight excluding hydrogens is 268 g/mol. The molecule has 5 nitrogen and oxygen atoms in total. The average molecular weight is 294 g/mol. The van der Waals surface area contributed by atoms with Crippen molar-refractivity contribution in [2.24, 2.45) is 17.8 Å². The summed E-state index contributed by atoms with van der Waals surface area (Å²) in [5.74, 6) is 0.933. The smallest absolute Gasteiger partial charge is 0.326 e. The van der Waals surface area contributed by atoms with Crippen LogP contribution in [0.1, 0.15) is 51.9 Å². The van der Waals surface area contributed by atoms with Crippen LogP contribution in [0.4, 0.5) is 4.79 Å². The Morgan fingerprint density at radius 1 is 1.19 bits per heavy atom. The molecule has 0 aromatic rings. The van der Waals surface area contributed by atoms with Crippen LogP contribution in [0.5, 0.6) is 0 Å². The lowest BCUT2D eigenvalue weighted by Crippen LogP contribution is -2.60. The first-order valence-electron chi connectivity index (χ1n) is 8.37. The molecule has 0 radical (unpaired) electrons. The van der Waals surface area contributed by atoms with E-state index in [0.717, 1.165) is 25.7 Å². The highest BCUT2D eigenvalue weighted by atomic mass is 16.4. The van der Waals surface area contributed by atoms with E-state index in [1.54, 1.807) is 4.90 Å². The number of likely N-dealkylation sites (tertiary alicyclic amines) is 1. The second-order valence-corrected chi connectivity index (χ2v) is 7.11. The molecule has 5 heteroatoms. The molecule has 5 atom stereocenters. The normalized spacial score (nSPS) is 38.5. The molecule has 0 spiro atoms. The summed E-state index contributed by atoms with van der Waals surface area (Å²) in [6, 6.07) is -0.663. The molecule has 2 aliphatic carbocycles. The third-order valence-electron chi connectivity index (χ3n) is 5.68. The van der Waals surface area contributed by atoms with Crippen LogP contribution in [0.15, 0.2) is 0 Å². The van der Waals surface area contributed by atoms with Crippen LogP contribution in [-0.2, 0) is 4.79 Å². The number of carboxylic acid groups (broad SMARTS) is 1. The van der Waals surface area contributed by atoms with E-state index in [0.29, 0.717) is 30.7 Å². The molecule has 2 N–H and O–H groups in total. The number of fused-ring (bicyclic) bond motifs is 1. The molecule has 118 valence electrons. The first-order valence-corrected chi connectivity index (χ1v) is 8.37. The number of hydrogen-bond donors (Lipinski definition) is 2. The number of amides is 2. The number of aliphatic carboxylic acids is 1. The van der Waals surface area contributed by atoms with E-state index in [4.69, 9.17) is 0 Å². The molecule has 3 rings (SSSR count). The molecule has 2 amide bonds. The van der Waals surface area contributed by atoms with E-state index >= 15 is 0 Å². The van der Waals surface area contributed by atoms with Crippen molar-refractivity contribution in [3.63, 3.8) is 0 Å². The molecule has 0 aromatic heterocycles. The molecule has 3 fully saturated rings. The Kier molecular flexibility index (Phi) is 4.09. The van der Waals surface area contributed by atoms with Gasteiger partial charge in [-0.05, 0) is 49.9 Å². The Morgan fingerprint density at radius 3 is 2.57 bits per heavy atom. The lowest BCUT2D eigenvalue weighted by Gasteiger charge is -2.47. The summed E-state index contributed by atoms with van der Waals surface area (Å²) < 4.78 is 0. The van der Waals surface area contributed by atoms with E-state index < -0.39 is 12.0 Å². The molecule has 1 aliphatic heterocycles. The van der Waals surface area contributed by atoms with Crippen LogP contribution in [-0.4, -0.2) is 40.6 Å². The number of nitrogens with one attached hydrogen (secondary N) is 1. The number of carboxylic acids is 1. The van der Waals surface area contributed by atoms with Crippen LogP contribution in [0.3, 0.4) is 0 Å². The van der Waals surface area contributed by atoms with Crippen molar-refractivity contribution < 1.29 is 14.7 Å². The summed E-state index contributed by atoms with van der Waals surface area (Å²) in [7, 11) is 0. The van der Waals surface area contributed by atoms with Crippen molar-refractivity contribution in [3.05, 3.63) is 0 Å². The SMILES string of the molecule is CC1CC1CNC(=O)N1C(C(=O)O)CCC2CCCCC21. The summed E-state index contributed by atoms with van der Waals surface area (Å²) in [6.45, 7) is 2.88. The second-order valence-electron chi connectivity index (χ2n) is 7.11. The van der Waals surface area contributed by atoms with Crippen LogP contribution in [0.25, 0.3) is 0 Å². The summed E-state index contributed by atoms with van der Waals surface area (Å²) >= 11 is 0. The Morgan fingerprint density at radius 2 is 1.90 bits per heavy atom. The summed E-state index contributed by atoms with van der Waals surface area (Å²) in [5.41, 5.74) is 0. The van der Waals surface area contributed by atoms with Crippen molar-refractivity contribution in [2.75, 3.05) is 6.54 Å². The molecule has 1 saturated heterocycles. The topological polar surface area (TPSA) is 69.6 Å². The number of hydrogen-bond acceptors (Lipinski definition) is 2. The summed E-state index contributed by atoms with van der Waals surface area (Å²) in [6.07, 6.45) is 7.15. The number of piperidine rings is 1. The average Bonchev–Trinajstić information content (AvgIpc) is 3.19. The largest absolute Gasteiger partial charge is 0.480 e. The fourth-order valence-corrected chi connectivity index (χ4v) is 4.16. The van der Waals surface area contributed by atoms with Gasteiger partial charge in [-0.3, -0.25) is 0 Å². The zero-order valence-corrected chi connectivity index (χ0v) is 12.8. The van der Waals surface area contributed by atoms with Crippen LogP contribution in [0.2, 0.25) is 0 Å². The highest BCUT2D eigenvalue weighted by Gasteiger charge is 2.44. The van der Waals surface area contributed by atoms with Crippen molar-refractivity contribution in [3.8, 4) is 0 Å². The lowest BCUT2D eigenvalue weighted by atomic mass is 9.76. The van der Waals surface area contributed by atoms with Gasteiger partial charge < -0.3 is 15.3 Å². The molecule has 1 heterocycles. The number of nitrogens with zero attached hydrogens (tertiary/aromatic N) is 1. The van der Waals surface area contributed by atoms with Crippen molar-refractivity contribution >= 4 is 12.0 Å². The predicted molar refractivity (Wildman–Crippen MR) is 78.9 cm³/mol. The third-order valence-corrected chi connectivity index (χ3v) is 5.68. The van der Waals surface area contributed by atoms with Gasteiger partial charge in [0.2, 0.25) is 0 Å². The first kappa shape index (κ1) is 14.7. The molecule has 21 heavy (non-hydrogen) atoms. The summed E-state index contributed by atoms with van der Waals surface area (Å²) in [4.78, 5) is 25.8. The first-order chi connectivity index (χ1) is 10.1. The van der Waals surface area contributed by atoms with Crippen molar-refractivity contribution in [1.82, 2.24) is 10.2 Å². The van der Waals surface area contributed by atoms with Crippen LogP contribution >= 0.6 is 0 Å². The van der Waals surface area contributed by atoms with E-state index in [2.05, 4.69) is 12.2 Å². The predicted octanol–water partition coefficient (Wildman–Crippen LogP) is 2.46. The van der Waals surface area contributed by atoms with E-state index in [-0.39, 0.29) is 12.1 Å². The molecule has 2 saturated carbocycles. The van der Waals surface area contributed by atoms with E-state index in [9.17, 15) is 14.7 Å². The van der Waals surface area contributed by atoms with Gasteiger partial charge >= 0.3 is 12.0 Å².